The van der Waals surface area contributed by atoms with Crippen molar-refractivity contribution in [2.75, 3.05) is 57.4 Å². The summed E-state index contributed by atoms with van der Waals surface area (Å²) in [6.07, 6.45) is 11.6. The summed E-state index contributed by atoms with van der Waals surface area (Å²) in [5.41, 5.74) is 9.54. The third-order valence-corrected chi connectivity index (χ3v) is 11.0. The van der Waals surface area contributed by atoms with Gasteiger partial charge in [-0.2, -0.15) is 0 Å². The second kappa shape index (κ2) is 14.4. The summed E-state index contributed by atoms with van der Waals surface area (Å²) in [4.78, 5) is 48.6. The van der Waals surface area contributed by atoms with Gasteiger partial charge in [-0.25, -0.2) is 9.59 Å². The van der Waals surface area contributed by atoms with E-state index < -0.39 is 6.04 Å². The Hall–Kier alpha value is -3.94. The van der Waals surface area contributed by atoms with Crippen LogP contribution in [0.15, 0.2) is 36.4 Å². The lowest BCUT2D eigenvalue weighted by Gasteiger charge is -2.41. The van der Waals surface area contributed by atoms with Gasteiger partial charge in [0, 0.05) is 56.4 Å². The number of carbonyl (C=O) groups is 3. The van der Waals surface area contributed by atoms with Gasteiger partial charge < -0.3 is 36.0 Å². The molecular formula is C36H46ClN7O3. The van der Waals surface area contributed by atoms with Crippen LogP contribution in [0.5, 0.6) is 0 Å². The molecule has 11 heteroatoms. The highest BCUT2D eigenvalue weighted by molar-refractivity contribution is 6.33. The number of halogens is 1. The SMILES string of the molecule is C#Cc1cc(C[C@@H](NC(=O)N2CCC(N3Cc4ccccc4NC3=O)CC2)C(=O)N2CCC(C3CCN(C)CC3)CC2)cc(Cl)c1N. The number of piperidine rings is 3. The summed E-state index contributed by atoms with van der Waals surface area (Å²) < 4.78 is 0. The molecule has 4 aliphatic heterocycles. The molecule has 0 unspecified atom stereocenters. The molecule has 0 bridgehead atoms. The maximum absolute atomic E-state index is 14.1. The molecule has 0 aliphatic carbocycles. The first-order valence-electron chi connectivity index (χ1n) is 16.9. The molecule has 0 saturated carbocycles. The van der Waals surface area contributed by atoms with Crippen LogP contribution >= 0.6 is 11.6 Å². The number of nitrogens with zero attached hydrogens (tertiary/aromatic N) is 4. The van der Waals surface area contributed by atoms with Gasteiger partial charge in [-0.15, -0.1) is 6.42 Å². The van der Waals surface area contributed by atoms with Gasteiger partial charge >= 0.3 is 12.1 Å². The van der Waals surface area contributed by atoms with Gasteiger partial charge in [0.2, 0.25) is 5.91 Å². The first-order chi connectivity index (χ1) is 22.7. The van der Waals surface area contributed by atoms with E-state index in [2.05, 4.69) is 28.5 Å². The highest BCUT2D eigenvalue weighted by Gasteiger charge is 2.36. The number of para-hydroxylation sites is 1. The van der Waals surface area contributed by atoms with Gasteiger partial charge in [-0.1, -0.05) is 35.7 Å². The molecule has 2 aromatic rings. The first-order valence-corrected chi connectivity index (χ1v) is 17.3. The summed E-state index contributed by atoms with van der Waals surface area (Å²) >= 11 is 6.40. The predicted molar refractivity (Wildman–Crippen MR) is 185 cm³/mol. The number of nitrogens with one attached hydrogen (secondary N) is 2. The summed E-state index contributed by atoms with van der Waals surface area (Å²) in [7, 11) is 2.18. The van der Waals surface area contributed by atoms with E-state index in [1.165, 1.54) is 12.8 Å². The molecule has 6 rings (SSSR count). The molecule has 250 valence electrons. The van der Waals surface area contributed by atoms with Crippen LogP contribution in [0.25, 0.3) is 0 Å². The number of nitrogens with two attached hydrogens (primary N) is 1. The summed E-state index contributed by atoms with van der Waals surface area (Å²) in [5.74, 6) is 3.83. The number of rotatable bonds is 6. The number of carbonyl (C=O) groups excluding carboxylic acids is 3. The minimum absolute atomic E-state index is 0.0230. The number of likely N-dealkylation sites (tertiary alicyclic amines) is 3. The number of fused-ring (bicyclic) bond motifs is 1. The number of hydrogen-bond donors (Lipinski definition) is 3. The van der Waals surface area contributed by atoms with E-state index in [1.807, 2.05) is 34.1 Å². The fourth-order valence-electron chi connectivity index (χ4n) is 7.80. The molecule has 10 nitrogen and oxygen atoms in total. The maximum atomic E-state index is 14.1. The minimum Gasteiger partial charge on any atom is -0.397 e. The van der Waals surface area contributed by atoms with Crippen LogP contribution in [0.4, 0.5) is 21.0 Å². The Morgan fingerprint density at radius 2 is 1.64 bits per heavy atom. The van der Waals surface area contributed by atoms with E-state index in [0.717, 1.165) is 42.7 Å². The Kier molecular flexibility index (Phi) is 10.1. The van der Waals surface area contributed by atoms with Gasteiger partial charge in [0.25, 0.3) is 0 Å². The molecule has 2 aromatic carbocycles. The maximum Gasteiger partial charge on any atom is 0.322 e. The lowest BCUT2D eigenvalue weighted by Crippen LogP contribution is -2.57. The third kappa shape index (κ3) is 7.47. The van der Waals surface area contributed by atoms with Gasteiger partial charge in [-0.3, -0.25) is 4.79 Å². The first kappa shape index (κ1) is 33.0. The molecule has 4 aliphatic rings. The Morgan fingerprint density at radius 1 is 1.00 bits per heavy atom. The van der Waals surface area contributed by atoms with Crippen molar-refractivity contribution in [1.29, 1.82) is 0 Å². The van der Waals surface area contributed by atoms with E-state index in [0.29, 0.717) is 73.7 Å². The van der Waals surface area contributed by atoms with Gasteiger partial charge in [0.15, 0.2) is 0 Å². The van der Waals surface area contributed by atoms with Crippen molar-refractivity contribution in [3.8, 4) is 12.3 Å². The van der Waals surface area contributed by atoms with Crippen LogP contribution in [0.1, 0.15) is 55.2 Å². The smallest absolute Gasteiger partial charge is 0.322 e. The molecular weight excluding hydrogens is 614 g/mol. The Labute approximate surface area is 282 Å². The second-order valence-corrected chi connectivity index (χ2v) is 14.0. The Bertz CT molecular complexity index is 1520. The quantitative estimate of drug-likeness (QED) is 0.310. The summed E-state index contributed by atoms with van der Waals surface area (Å²) in [5, 5.41) is 6.40. The highest BCUT2D eigenvalue weighted by atomic mass is 35.5. The number of nitrogen functional groups attached to an aromatic ring is 1. The van der Waals surface area contributed by atoms with Crippen LogP contribution < -0.4 is 16.4 Å². The molecule has 0 aromatic heterocycles. The number of amides is 5. The Morgan fingerprint density at radius 3 is 2.32 bits per heavy atom. The summed E-state index contributed by atoms with van der Waals surface area (Å²) in [6, 6.07) is 10.2. The molecule has 1 atom stereocenters. The molecule has 47 heavy (non-hydrogen) atoms. The monoisotopic (exact) mass is 659 g/mol. The van der Waals surface area contributed by atoms with Gasteiger partial charge in [-0.05, 0) is 99.8 Å². The van der Waals surface area contributed by atoms with Crippen molar-refractivity contribution in [3.05, 3.63) is 58.1 Å². The number of terminal acetylenes is 1. The van der Waals surface area contributed by atoms with Crippen molar-refractivity contribution < 1.29 is 14.4 Å². The molecule has 4 N–H and O–H groups in total. The minimum atomic E-state index is -0.783. The van der Waals surface area contributed by atoms with Gasteiger partial charge in [0.1, 0.15) is 6.04 Å². The topological polar surface area (TPSA) is 114 Å². The summed E-state index contributed by atoms with van der Waals surface area (Å²) in [6.45, 7) is 5.17. The van der Waals surface area contributed by atoms with Crippen LogP contribution in [0.2, 0.25) is 5.02 Å². The largest absolute Gasteiger partial charge is 0.397 e. The zero-order valence-corrected chi connectivity index (χ0v) is 28.0. The van der Waals surface area contributed by atoms with E-state index in [1.54, 1.807) is 17.0 Å². The van der Waals surface area contributed by atoms with E-state index in [-0.39, 0.29) is 30.4 Å². The van der Waals surface area contributed by atoms with E-state index >= 15 is 0 Å². The van der Waals surface area contributed by atoms with Crippen LogP contribution in [-0.4, -0.2) is 96.0 Å². The number of anilines is 2. The number of hydrogen-bond acceptors (Lipinski definition) is 5. The highest BCUT2D eigenvalue weighted by Crippen LogP contribution is 2.33. The number of benzene rings is 2. The van der Waals surface area contributed by atoms with Gasteiger partial charge in [0.05, 0.1) is 10.7 Å². The molecule has 5 amide bonds. The average molecular weight is 660 g/mol. The van der Waals surface area contributed by atoms with Crippen LogP contribution in [0, 0.1) is 24.2 Å². The zero-order chi connectivity index (χ0) is 33.1. The van der Waals surface area contributed by atoms with Crippen molar-refractivity contribution >= 4 is 40.9 Å². The molecule has 3 fully saturated rings. The second-order valence-electron chi connectivity index (χ2n) is 13.6. The van der Waals surface area contributed by atoms with E-state index in [4.69, 9.17) is 23.8 Å². The van der Waals surface area contributed by atoms with Crippen molar-refractivity contribution in [1.82, 2.24) is 24.9 Å². The number of urea groups is 2. The van der Waals surface area contributed by atoms with E-state index in [9.17, 15) is 14.4 Å². The average Bonchev–Trinajstić information content (AvgIpc) is 3.09. The normalized spacial score (nSPS) is 20.7. The molecule has 3 saturated heterocycles. The van der Waals surface area contributed by atoms with Crippen LogP contribution in [0.3, 0.4) is 0 Å². The fourth-order valence-corrected chi connectivity index (χ4v) is 8.04. The Balaban J connectivity index is 1.10. The van der Waals surface area contributed by atoms with Crippen molar-refractivity contribution in [2.45, 2.75) is 63.6 Å². The molecule has 0 radical (unpaired) electrons. The molecule has 0 spiro atoms. The lowest BCUT2D eigenvalue weighted by molar-refractivity contribution is -0.135. The lowest BCUT2D eigenvalue weighted by atomic mass is 9.79. The standard InChI is InChI=1S/C36H46ClN7O3/c1-3-25-20-24(21-30(37)33(25)38)22-32(34(45)42-16-10-27(11-17-42)26-8-14-41(2)15-9-26)40-35(46)43-18-12-29(13-19-43)44-23-28-6-4-5-7-31(28)39-36(44)47/h1,4-7,20-21,26-27,29,32H,8-19,22-23,38H2,2H3,(H,39,47)(H,40,46)/t32-/m1/s1. The van der Waals surface area contributed by atoms with Crippen LogP contribution in [-0.2, 0) is 17.8 Å². The fraction of sp³-hybridized carbons (Fsp3) is 0.528. The molecule has 4 heterocycles. The third-order valence-electron chi connectivity index (χ3n) is 10.7. The zero-order valence-electron chi connectivity index (χ0n) is 27.2. The van der Waals surface area contributed by atoms with Crippen molar-refractivity contribution in [2.24, 2.45) is 11.8 Å². The predicted octanol–water partition coefficient (Wildman–Crippen LogP) is 4.62. The van der Waals surface area contributed by atoms with Crippen molar-refractivity contribution in [3.63, 3.8) is 0 Å².